The first-order valence-corrected chi connectivity index (χ1v) is 8.37. The van der Waals surface area contributed by atoms with Crippen LogP contribution in [0.5, 0.6) is 0 Å². The number of aryl methyl sites for hydroxylation is 2. The maximum absolute atomic E-state index is 12.2. The van der Waals surface area contributed by atoms with E-state index in [2.05, 4.69) is 12.2 Å². The van der Waals surface area contributed by atoms with Crippen molar-refractivity contribution < 1.29 is 19.2 Å². The van der Waals surface area contributed by atoms with Crippen LogP contribution in [0.1, 0.15) is 30.9 Å². The molecule has 1 amide bonds. The Balaban J connectivity index is 1.78. The standard InChI is InChI=1S/C18H26N2O3/c1-4-23-18(22)15-7-9-20(10-8-15)12-17(21)19-16-6-5-13(2)14(3)11-16/h5-6,11,15H,4,7-10,12H2,1-3H3,(H,19,21)/p+1. The molecule has 0 spiro atoms. The highest BCUT2D eigenvalue weighted by molar-refractivity contribution is 5.91. The Morgan fingerprint density at radius 2 is 1.91 bits per heavy atom. The molecule has 1 aliphatic rings. The second kappa shape index (κ2) is 8.11. The molecule has 5 heteroatoms. The molecule has 0 saturated carbocycles. The summed E-state index contributed by atoms with van der Waals surface area (Å²) in [4.78, 5) is 25.1. The lowest BCUT2D eigenvalue weighted by molar-refractivity contribution is -0.897. The number of esters is 1. The van der Waals surface area contributed by atoms with Crippen LogP contribution in [-0.4, -0.2) is 38.1 Å². The van der Waals surface area contributed by atoms with Crippen molar-refractivity contribution in [2.75, 3.05) is 31.6 Å². The van der Waals surface area contributed by atoms with Gasteiger partial charge in [0.25, 0.3) is 5.91 Å². The van der Waals surface area contributed by atoms with Gasteiger partial charge in [0.2, 0.25) is 0 Å². The first-order valence-electron chi connectivity index (χ1n) is 8.37. The Bertz CT molecular complexity index is 563. The Hall–Kier alpha value is -1.88. The van der Waals surface area contributed by atoms with Crippen molar-refractivity contribution in [2.45, 2.75) is 33.6 Å². The minimum absolute atomic E-state index is 0.00140. The average Bonchev–Trinajstić information content (AvgIpc) is 2.52. The third-order valence-electron chi connectivity index (χ3n) is 4.51. The van der Waals surface area contributed by atoms with E-state index in [1.54, 1.807) is 0 Å². The van der Waals surface area contributed by atoms with Crippen molar-refractivity contribution in [1.82, 2.24) is 0 Å². The fourth-order valence-corrected chi connectivity index (χ4v) is 2.95. The molecule has 5 nitrogen and oxygen atoms in total. The Morgan fingerprint density at radius 1 is 1.22 bits per heavy atom. The summed E-state index contributed by atoms with van der Waals surface area (Å²) in [5, 5.41) is 2.96. The summed E-state index contributed by atoms with van der Waals surface area (Å²) in [5.41, 5.74) is 3.24. The lowest BCUT2D eigenvalue weighted by Crippen LogP contribution is -3.14. The van der Waals surface area contributed by atoms with Crippen LogP contribution in [0.3, 0.4) is 0 Å². The highest BCUT2D eigenvalue weighted by Gasteiger charge is 2.29. The molecule has 0 aromatic heterocycles. The van der Waals surface area contributed by atoms with Crippen LogP contribution in [0.25, 0.3) is 0 Å². The predicted octanol–water partition coefficient (Wildman–Crippen LogP) is 1.10. The van der Waals surface area contributed by atoms with Gasteiger partial charge in [0.05, 0.1) is 25.6 Å². The molecule has 0 unspecified atom stereocenters. The van der Waals surface area contributed by atoms with Gasteiger partial charge in [0, 0.05) is 18.5 Å². The van der Waals surface area contributed by atoms with Crippen molar-refractivity contribution >= 4 is 17.6 Å². The topological polar surface area (TPSA) is 59.8 Å². The molecule has 1 aliphatic heterocycles. The van der Waals surface area contributed by atoms with E-state index in [1.807, 2.05) is 32.0 Å². The summed E-state index contributed by atoms with van der Waals surface area (Å²) in [5.74, 6) is -0.0644. The number of benzene rings is 1. The van der Waals surface area contributed by atoms with Crippen LogP contribution in [0, 0.1) is 19.8 Å². The molecule has 1 fully saturated rings. The molecular formula is C18H27N2O3+. The summed E-state index contributed by atoms with van der Waals surface area (Å²) in [7, 11) is 0. The van der Waals surface area contributed by atoms with Crippen LogP contribution >= 0.6 is 0 Å². The number of hydrogen-bond donors (Lipinski definition) is 2. The van der Waals surface area contributed by atoms with Crippen LogP contribution in [0.15, 0.2) is 18.2 Å². The molecule has 2 N–H and O–H groups in total. The third kappa shape index (κ3) is 5.06. The molecule has 23 heavy (non-hydrogen) atoms. The zero-order valence-electron chi connectivity index (χ0n) is 14.3. The number of rotatable bonds is 5. The van der Waals surface area contributed by atoms with E-state index in [9.17, 15) is 9.59 Å². The molecule has 1 aromatic rings. The average molecular weight is 319 g/mol. The Kier molecular flexibility index (Phi) is 6.16. The van der Waals surface area contributed by atoms with Crippen molar-refractivity contribution in [1.29, 1.82) is 0 Å². The smallest absolute Gasteiger partial charge is 0.309 e. The van der Waals surface area contributed by atoms with Crippen molar-refractivity contribution in [3.05, 3.63) is 29.3 Å². The predicted molar refractivity (Wildman–Crippen MR) is 89.5 cm³/mol. The van der Waals surface area contributed by atoms with E-state index in [1.165, 1.54) is 16.0 Å². The molecule has 2 rings (SSSR count). The SMILES string of the molecule is CCOC(=O)C1CC[NH+](CC(=O)Nc2ccc(C)c(C)c2)CC1. The summed E-state index contributed by atoms with van der Waals surface area (Å²) >= 11 is 0. The fourth-order valence-electron chi connectivity index (χ4n) is 2.95. The Labute approximate surface area is 138 Å². The summed E-state index contributed by atoms with van der Waals surface area (Å²) in [6.07, 6.45) is 1.59. The highest BCUT2D eigenvalue weighted by atomic mass is 16.5. The van der Waals surface area contributed by atoms with E-state index in [-0.39, 0.29) is 17.8 Å². The van der Waals surface area contributed by atoms with Gasteiger partial charge in [-0.2, -0.15) is 0 Å². The van der Waals surface area contributed by atoms with Crippen molar-refractivity contribution in [2.24, 2.45) is 5.92 Å². The summed E-state index contributed by atoms with van der Waals surface area (Å²) < 4.78 is 5.07. The number of ether oxygens (including phenoxy) is 1. The molecular weight excluding hydrogens is 292 g/mol. The van der Waals surface area contributed by atoms with Crippen LogP contribution in [0.2, 0.25) is 0 Å². The highest BCUT2D eigenvalue weighted by Crippen LogP contribution is 2.14. The zero-order valence-corrected chi connectivity index (χ0v) is 14.3. The lowest BCUT2D eigenvalue weighted by atomic mass is 9.97. The molecule has 0 bridgehead atoms. The summed E-state index contributed by atoms with van der Waals surface area (Å²) in [6.45, 7) is 8.48. The van der Waals surface area contributed by atoms with Gasteiger partial charge in [-0.05, 0) is 44.0 Å². The maximum atomic E-state index is 12.2. The number of amides is 1. The molecule has 0 atom stereocenters. The lowest BCUT2D eigenvalue weighted by Gasteiger charge is -2.27. The first kappa shape index (κ1) is 17.5. The minimum atomic E-state index is -0.0915. The van der Waals surface area contributed by atoms with Crippen LogP contribution in [0.4, 0.5) is 5.69 Å². The van der Waals surface area contributed by atoms with Gasteiger partial charge in [-0.15, -0.1) is 0 Å². The van der Waals surface area contributed by atoms with Crippen LogP contribution in [-0.2, 0) is 14.3 Å². The minimum Gasteiger partial charge on any atom is -0.466 e. The number of piperidine rings is 1. The fraction of sp³-hybridized carbons (Fsp3) is 0.556. The number of hydrogen-bond acceptors (Lipinski definition) is 3. The number of carbonyl (C=O) groups is 2. The monoisotopic (exact) mass is 319 g/mol. The molecule has 126 valence electrons. The summed E-state index contributed by atoms with van der Waals surface area (Å²) in [6, 6.07) is 5.95. The number of anilines is 1. The van der Waals surface area contributed by atoms with E-state index >= 15 is 0 Å². The van der Waals surface area contributed by atoms with Gasteiger partial charge < -0.3 is 15.0 Å². The van der Waals surface area contributed by atoms with Gasteiger partial charge in [-0.1, -0.05) is 6.07 Å². The van der Waals surface area contributed by atoms with E-state index in [0.717, 1.165) is 31.6 Å². The maximum Gasteiger partial charge on any atom is 0.309 e. The Morgan fingerprint density at radius 3 is 2.52 bits per heavy atom. The van der Waals surface area contributed by atoms with Gasteiger partial charge in [0.1, 0.15) is 0 Å². The number of quaternary nitrogens is 1. The number of carbonyl (C=O) groups excluding carboxylic acids is 2. The molecule has 1 heterocycles. The molecule has 1 saturated heterocycles. The second-order valence-corrected chi connectivity index (χ2v) is 6.30. The molecule has 0 radical (unpaired) electrons. The van der Waals surface area contributed by atoms with E-state index in [0.29, 0.717) is 13.2 Å². The third-order valence-corrected chi connectivity index (χ3v) is 4.51. The zero-order chi connectivity index (χ0) is 16.8. The van der Waals surface area contributed by atoms with Crippen molar-refractivity contribution in [3.8, 4) is 0 Å². The molecule has 1 aromatic carbocycles. The second-order valence-electron chi connectivity index (χ2n) is 6.30. The van der Waals surface area contributed by atoms with E-state index in [4.69, 9.17) is 4.74 Å². The largest absolute Gasteiger partial charge is 0.466 e. The number of nitrogens with one attached hydrogen (secondary N) is 2. The van der Waals surface area contributed by atoms with Gasteiger partial charge in [-0.3, -0.25) is 9.59 Å². The first-order chi connectivity index (χ1) is 11.0. The van der Waals surface area contributed by atoms with Crippen LogP contribution < -0.4 is 10.2 Å². The molecule has 0 aliphatic carbocycles. The van der Waals surface area contributed by atoms with Crippen molar-refractivity contribution in [3.63, 3.8) is 0 Å². The van der Waals surface area contributed by atoms with E-state index < -0.39 is 0 Å². The van der Waals surface area contributed by atoms with Gasteiger partial charge in [0.15, 0.2) is 6.54 Å². The normalized spacial score (nSPS) is 20.8. The van der Waals surface area contributed by atoms with Gasteiger partial charge >= 0.3 is 5.97 Å². The van der Waals surface area contributed by atoms with Gasteiger partial charge in [-0.25, -0.2) is 0 Å². The number of likely N-dealkylation sites (tertiary alicyclic amines) is 1. The quantitative estimate of drug-likeness (QED) is 0.799.